The van der Waals surface area contributed by atoms with Crippen LogP contribution in [0.5, 0.6) is 0 Å². The highest BCUT2D eigenvalue weighted by Gasteiger charge is 2.21. The third kappa shape index (κ3) is 5.73. The number of esters is 1. The molecule has 0 bridgehead atoms. The standard InChI is InChI=1S/C17H24N2O4/c1-12(2)9-10-18-16(21)11-19(13(3)20)15-8-6-5-7-14(15)17(22)23-4/h5-8,12H,9-11H2,1-4H3,(H,18,21). The van der Waals surface area contributed by atoms with Crippen LogP contribution in [0.4, 0.5) is 5.69 Å². The summed E-state index contributed by atoms with van der Waals surface area (Å²) in [6.45, 7) is 5.92. The van der Waals surface area contributed by atoms with Crippen molar-refractivity contribution >= 4 is 23.5 Å². The van der Waals surface area contributed by atoms with Gasteiger partial charge in [0.05, 0.1) is 18.4 Å². The number of benzene rings is 1. The average molecular weight is 320 g/mol. The van der Waals surface area contributed by atoms with E-state index in [1.54, 1.807) is 24.3 Å². The van der Waals surface area contributed by atoms with Crippen molar-refractivity contribution in [3.05, 3.63) is 29.8 Å². The van der Waals surface area contributed by atoms with Crippen LogP contribution in [0.1, 0.15) is 37.6 Å². The number of hydrogen-bond acceptors (Lipinski definition) is 4. The monoisotopic (exact) mass is 320 g/mol. The second kappa shape index (κ2) is 8.92. The summed E-state index contributed by atoms with van der Waals surface area (Å²) in [5, 5.41) is 2.78. The van der Waals surface area contributed by atoms with Gasteiger partial charge < -0.3 is 15.0 Å². The predicted molar refractivity (Wildman–Crippen MR) is 88.3 cm³/mol. The number of amides is 2. The van der Waals surface area contributed by atoms with Crippen LogP contribution in [-0.2, 0) is 14.3 Å². The van der Waals surface area contributed by atoms with E-state index in [0.29, 0.717) is 18.2 Å². The highest BCUT2D eigenvalue weighted by Crippen LogP contribution is 2.21. The van der Waals surface area contributed by atoms with Gasteiger partial charge in [0.2, 0.25) is 11.8 Å². The number of ether oxygens (including phenoxy) is 1. The minimum atomic E-state index is -0.549. The lowest BCUT2D eigenvalue weighted by molar-refractivity contribution is -0.123. The lowest BCUT2D eigenvalue weighted by atomic mass is 10.1. The van der Waals surface area contributed by atoms with Crippen LogP contribution in [-0.4, -0.2) is 38.0 Å². The van der Waals surface area contributed by atoms with Crippen molar-refractivity contribution in [1.29, 1.82) is 0 Å². The summed E-state index contributed by atoms with van der Waals surface area (Å²) in [6.07, 6.45) is 0.866. The van der Waals surface area contributed by atoms with Crippen molar-refractivity contribution < 1.29 is 19.1 Å². The Hall–Kier alpha value is -2.37. The summed E-state index contributed by atoms with van der Waals surface area (Å²) < 4.78 is 4.73. The Kier molecular flexibility index (Phi) is 7.25. The largest absolute Gasteiger partial charge is 0.465 e. The van der Waals surface area contributed by atoms with Gasteiger partial charge in [-0.1, -0.05) is 26.0 Å². The number of anilines is 1. The molecule has 1 aromatic carbocycles. The maximum Gasteiger partial charge on any atom is 0.339 e. The van der Waals surface area contributed by atoms with Crippen LogP contribution in [0.3, 0.4) is 0 Å². The zero-order valence-corrected chi connectivity index (χ0v) is 14.1. The molecule has 0 spiro atoms. The molecule has 0 heterocycles. The van der Waals surface area contributed by atoms with Crippen LogP contribution >= 0.6 is 0 Å². The van der Waals surface area contributed by atoms with E-state index in [-0.39, 0.29) is 23.9 Å². The molecule has 0 unspecified atom stereocenters. The van der Waals surface area contributed by atoms with Gasteiger partial charge in [-0.2, -0.15) is 0 Å². The molecule has 0 atom stereocenters. The van der Waals surface area contributed by atoms with Crippen molar-refractivity contribution in [3.8, 4) is 0 Å². The topological polar surface area (TPSA) is 75.7 Å². The summed E-state index contributed by atoms with van der Waals surface area (Å²) in [5.41, 5.74) is 0.617. The lowest BCUT2D eigenvalue weighted by Crippen LogP contribution is -2.41. The van der Waals surface area contributed by atoms with E-state index in [9.17, 15) is 14.4 Å². The van der Waals surface area contributed by atoms with Gasteiger partial charge in [-0.05, 0) is 24.5 Å². The fourth-order valence-corrected chi connectivity index (χ4v) is 2.06. The summed E-state index contributed by atoms with van der Waals surface area (Å²) in [7, 11) is 1.27. The first-order chi connectivity index (χ1) is 10.9. The van der Waals surface area contributed by atoms with E-state index in [2.05, 4.69) is 19.2 Å². The predicted octanol–water partition coefficient (Wildman–Crippen LogP) is 1.99. The molecule has 0 aliphatic carbocycles. The number of nitrogens with zero attached hydrogens (tertiary/aromatic N) is 1. The van der Waals surface area contributed by atoms with Gasteiger partial charge in [0.25, 0.3) is 0 Å². The highest BCUT2D eigenvalue weighted by atomic mass is 16.5. The van der Waals surface area contributed by atoms with E-state index in [0.717, 1.165) is 6.42 Å². The van der Waals surface area contributed by atoms with Gasteiger partial charge in [-0.15, -0.1) is 0 Å². The molecule has 0 saturated carbocycles. The summed E-state index contributed by atoms with van der Waals surface area (Å²) in [5.74, 6) is -0.646. The fraction of sp³-hybridized carbons (Fsp3) is 0.471. The molecule has 1 N–H and O–H groups in total. The van der Waals surface area contributed by atoms with E-state index < -0.39 is 5.97 Å². The average Bonchev–Trinajstić information content (AvgIpc) is 2.51. The molecule has 6 heteroatoms. The third-order valence-electron chi connectivity index (χ3n) is 3.33. The first-order valence-electron chi connectivity index (χ1n) is 7.59. The quantitative estimate of drug-likeness (QED) is 0.780. The normalized spacial score (nSPS) is 10.3. The molecule has 0 aliphatic heterocycles. The van der Waals surface area contributed by atoms with Gasteiger partial charge >= 0.3 is 5.97 Å². The van der Waals surface area contributed by atoms with Crippen LogP contribution in [0.25, 0.3) is 0 Å². The molecule has 0 aromatic heterocycles. The van der Waals surface area contributed by atoms with Gasteiger partial charge in [-0.3, -0.25) is 9.59 Å². The number of carbonyl (C=O) groups is 3. The van der Waals surface area contributed by atoms with Crippen molar-refractivity contribution in [3.63, 3.8) is 0 Å². The van der Waals surface area contributed by atoms with Crippen LogP contribution in [0.2, 0.25) is 0 Å². The Bertz CT molecular complexity index is 569. The van der Waals surface area contributed by atoms with Gasteiger partial charge in [-0.25, -0.2) is 4.79 Å². The zero-order chi connectivity index (χ0) is 17.4. The van der Waals surface area contributed by atoms with E-state index in [1.807, 2.05) is 0 Å². The Balaban J connectivity index is 2.89. The molecule has 0 aliphatic rings. The van der Waals surface area contributed by atoms with Crippen LogP contribution < -0.4 is 10.2 Å². The minimum absolute atomic E-state index is 0.137. The number of carbonyl (C=O) groups excluding carboxylic acids is 3. The maximum absolute atomic E-state index is 12.0. The van der Waals surface area contributed by atoms with Crippen LogP contribution in [0.15, 0.2) is 24.3 Å². The summed E-state index contributed by atoms with van der Waals surface area (Å²) in [4.78, 5) is 37.1. The molecule has 0 radical (unpaired) electrons. The van der Waals surface area contributed by atoms with Gasteiger partial charge in [0, 0.05) is 13.5 Å². The Morgan fingerprint density at radius 2 is 1.87 bits per heavy atom. The molecule has 0 fully saturated rings. The molecule has 0 saturated heterocycles. The summed E-state index contributed by atoms with van der Waals surface area (Å²) >= 11 is 0. The molecule has 1 rings (SSSR count). The van der Waals surface area contributed by atoms with Crippen molar-refractivity contribution in [2.24, 2.45) is 5.92 Å². The Morgan fingerprint density at radius 3 is 2.43 bits per heavy atom. The molecular formula is C17H24N2O4. The number of hydrogen-bond donors (Lipinski definition) is 1. The zero-order valence-electron chi connectivity index (χ0n) is 14.1. The SMILES string of the molecule is COC(=O)c1ccccc1N(CC(=O)NCCC(C)C)C(C)=O. The first kappa shape index (κ1) is 18.7. The molecular weight excluding hydrogens is 296 g/mol. The van der Waals surface area contributed by atoms with Gasteiger partial charge in [0.15, 0.2) is 0 Å². The smallest absolute Gasteiger partial charge is 0.339 e. The highest BCUT2D eigenvalue weighted by molar-refractivity contribution is 6.04. The molecule has 6 nitrogen and oxygen atoms in total. The minimum Gasteiger partial charge on any atom is -0.465 e. The van der Waals surface area contributed by atoms with Crippen molar-refractivity contribution in [1.82, 2.24) is 5.32 Å². The Morgan fingerprint density at radius 1 is 1.22 bits per heavy atom. The first-order valence-corrected chi connectivity index (χ1v) is 7.59. The fourth-order valence-electron chi connectivity index (χ4n) is 2.06. The lowest BCUT2D eigenvalue weighted by Gasteiger charge is -2.22. The van der Waals surface area contributed by atoms with Crippen molar-refractivity contribution in [2.75, 3.05) is 25.1 Å². The number of nitrogens with one attached hydrogen (secondary N) is 1. The van der Waals surface area contributed by atoms with E-state index in [1.165, 1.54) is 18.9 Å². The van der Waals surface area contributed by atoms with Crippen LogP contribution in [0, 0.1) is 5.92 Å². The number of para-hydroxylation sites is 1. The molecule has 23 heavy (non-hydrogen) atoms. The second-order valence-corrected chi connectivity index (χ2v) is 5.65. The van der Waals surface area contributed by atoms with Gasteiger partial charge in [0.1, 0.15) is 6.54 Å². The Labute approximate surface area is 136 Å². The molecule has 1 aromatic rings. The molecule has 2 amide bonds. The number of methoxy groups -OCH3 is 1. The summed E-state index contributed by atoms with van der Waals surface area (Å²) in [6, 6.07) is 6.56. The maximum atomic E-state index is 12.0. The third-order valence-corrected chi connectivity index (χ3v) is 3.33. The van der Waals surface area contributed by atoms with E-state index >= 15 is 0 Å². The molecule has 126 valence electrons. The number of rotatable bonds is 7. The second-order valence-electron chi connectivity index (χ2n) is 5.65. The van der Waals surface area contributed by atoms with E-state index in [4.69, 9.17) is 4.74 Å². The van der Waals surface area contributed by atoms with Crippen molar-refractivity contribution in [2.45, 2.75) is 27.2 Å².